The van der Waals surface area contributed by atoms with Crippen LogP contribution in [-0.4, -0.2) is 17.4 Å². The molecule has 1 rings (SSSR count). The summed E-state index contributed by atoms with van der Waals surface area (Å²) in [6.07, 6.45) is 6.43. The molecule has 0 aliphatic rings. The number of carbonyl (C=O) groups is 1. The normalized spacial score (nSPS) is 9.56. The van der Waals surface area contributed by atoms with Gasteiger partial charge in [-0.1, -0.05) is 0 Å². The van der Waals surface area contributed by atoms with Gasteiger partial charge in [-0.25, -0.2) is 0 Å². The summed E-state index contributed by atoms with van der Waals surface area (Å²) in [5, 5.41) is 13.3. The predicted octanol–water partition coefficient (Wildman–Crippen LogP) is 2.05. The molecule has 0 saturated carbocycles. The zero-order valence-corrected chi connectivity index (χ0v) is 10.1. The number of nitro benzene ring substituents is 1. The summed E-state index contributed by atoms with van der Waals surface area (Å²) in [6.45, 7) is 2.17. The number of rotatable bonds is 5. The number of benzene rings is 1. The topological polar surface area (TPSA) is 72.2 Å². The van der Waals surface area contributed by atoms with Crippen molar-refractivity contribution in [2.24, 2.45) is 0 Å². The third-order valence-corrected chi connectivity index (χ3v) is 2.45. The van der Waals surface area contributed by atoms with Crippen LogP contribution >= 0.6 is 0 Å². The van der Waals surface area contributed by atoms with E-state index in [1.807, 2.05) is 0 Å². The monoisotopic (exact) mass is 246 g/mol. The fourth-order valence-corrected chi connectivity index (χ4v) is 1.50. The smallest absolute Gasteiger partial charge is 0.269 e. The van der Waals surface area contributed by atoms with Crippen molar-refractivity contribution in [1.29, 1.82) is 0 Å². The molecule has 0 radical (unpaired) electrons. The van der Waals surface area contributed by atoms with E-state index < -0.39 is 4.92 Å². The maximum Gasteiger partial charge on any atom is 0.269 e. The molecule has 94 valence electrons. The summed E-state index contributed by atoms with van der Waals surface area (Å²) in [4.78, 5) is 21.9. The molecule has 0 bridgehead atoms. The van der Waals surface area contributed by atoms with E-state index in [-0.39, 0.29) is 11.6 Å². The van der Waals surface area contributed by atoms with Crippen LogP contribution in [0, 0.1) is 29.4 Å². The lowest BCUT2D eigenvalue weighted by molar-refractivity contribution is -0.384. The Morgan fingerprint density at radius 2 is 2.28 bits per heavy atom. The van der Waals surface area contributed by atoms with Gasteiger partial charge in [0.25, 0.3) is 11.6 Å². The van der Waals surface area contributed by atoms with Crippen LogP contribution < -0.4 is 5.32 Å². The lowest BCUT2D eigenvalue weighted by Crippen LogP contribution is -2.25. The number of aryl methyl sites for hydroxylation is 1. The number of terminal acetylenes is 1. The molecule has 0 atom stereocenters. The second-order valence-corrected chi connectivity index (χ2v) is 3.82. The number of nitrogens with zero attached hydrogens (tertiary/aromatic N) is 1. The maximum atomic E-state index is 11.8. The van der Waals surface area contributed by atoms with Gasteiger partial charge in [0.2, 0.25) is 0 Å². The SMILES string of the molecule is C#CCCCNC(=O)c1ccc([N+](=O)[O-])cc1C. The number of nitrogens with one attached hydrogen (secondary N) is 1. The van der Waals surface area contributed by atoms with Crippen LogP contribution in [0.15, 0.2) is 18.2 Å². The number of nitro groups is 1. The number of hydrogen-bond acceptors (Lipinski definition) is 3. The second-order valence-electron chi connectivity index (χ2n) is 3.82. The summed E-state index contributed by atoms with van der Waals surface area (Å²) < 4.78 is 0. The minimum atomic E-state index is -0.485. The molecule has 0 fully saturated rings. The summed E-state index contributed by atoms with van der Waals surface area (Å²) in [7, 11) is 0. The Bertz CT molecular complexity index is 503. The molecule has 5 heteroatoms. The van der Waals surface area contributed by atoms with Gasteiger partial charge < -0.3 is 5.32 Å². The van der Waals surface area contributed by atoms with Crippen molar-refractivity contribution < 1.29 is 9.72 Å². The molecule has 0 unspecified atom stereocenters. The Morgan fingerprint density at radius 3 is 2.83 bits per heavy atom. The van der Waals surface area contributed by atoms with Crippen molar-refractivity contribution in [3.05, 3.63) is 39.4 Å². The standard InChI is InChI=1S/C13H14N2O3/c1-3-4-5-8-14-13(16)12-7-6-11(15(17)18)9-10(12)2/h1,6-7,9H,4-5,8H2,2H3,(H,14,16). The number of amides is 1. The Morgan fingerprint density at radius 1 is 1.56 bits per heavy atom. The Balaban J connectivity index is 2.69. The van der Waals surface area contributed by atoms with E-state index in [0.29, 0.717) is 30.5 Å². The molecular formula is C13H14N2O3. The van der Waals surface area contributed by atoms with E-state index in [1.54, 1.807) is 6.92 Å². The van der Waals surface area contributed by atoms with E-state index in [9.17, 15) is 14.9 Å². The van der Waals surface area contributed by atoms with Crippen molar-refractivity contribution in [1.82, 2.24) is 5.32 Å². The van der Waals surface area contributed by atoms with Crippen LogP contribution in [0.25, 0.3) is 0 Å². The number of hydrogen-bond donors (Lipinski definition) is 1. The van der Waals surface area contributed by atoms with E-state index in [2.05, 4.69) is 11.2 Å². The van der Waals surface area contributed by atoms with Crippen LogP contribution in [0.4, 0.5) is 5.69 Å². The van der Waals surface area contributed by atoms with Crippen LogP contribution in [0.1, 0.15) is 28.8 Å². The molecule has 1 N–H and O–H groups in total. The minimum absolute atomic E-state index is 0.0172. The van der Waals surface area contributed by atoms with E-state index in [1.165, 1.54) is 18.2 Å². The maximum absolute atomic E-state index is 11.8. The van der Waals surface area contributed by atoms with Gasteiger partial charge in [-0.05, 0) is 25.0 Å². The first kappa shape index (κ1) is 13.7. The molecule has 0 aromatic heterocycles. The van der Waals surface area contributed by atoms with Gasteiger partial charge in [0.05, 0.1) is 4.92 Å². The Hall–Kier alpha value is -2.35. The van der Waals surface area contributed by atoms with Gasteiger partial charge in [0.15, 0.2) is 0 Å². The molecule has 1 amide bonds. The Labute approximate surface area is 105 Å². The van der Waals surface area contributed by atoms with Crippen molar-refractivity contribution in [3.63, 3.8) is 0 Å². The second kappa shape index (κ2) is 6.40. The fraction of sp³-hybridized carbons (Fsp3) is 0.308. The van der Waals surface area contributed by atoms with Gasteiger partial charge in [0, 0.05) is 30.7 Å². The van der Waals surface area contributed by atoms with E-state index in [0.717, 1.165) is 0 Å². The summed E-state index contributed by atoms with van der Waals surface area (Å²) in [6, 6.07) is 4.17. The quantitative estimate of drug-likeness (QED) is 0.374. The third kappa shape index (κ3) is 3.59. The highest BCUT2D eigenvalue weighted by molar-refractivity contribution is 5.95. The minimum Gasteiger partial charge on any atom is -0.352 e. The van der Waals surface area contributed by atoms with Crippen LogP contribution in [0.3, 0.4) is 0 Å². The third-order valence-electron chi connectivity index (χ3n) is 2.45. The molecule has 5 nitrogen and oxygen atoms in total. The molecule has 0 saturated heterocycles. The lowest BCUT2D eigenvalue weighted by Gasteiger charge is -2.06. The van der Waals surface area contributed by atoms with Crippen LogP contribution in [0.2, 0.25) is 0 Å². The zero-order valence-electron chi connectivity index (χ0n) is 10.1. The molecule has 0 aliphatic carbocycles. The summed E-state index contributed by atoms with van der Waals surface area (Å²) >= 11 is 0. The fourth-order valence-electron chi connectivity index (χ4n) is 1.50. The highest BCUT2D eigenvalue weighted by Crippen LogP contribution is 2.16. The van der Waals surface area contributed by atoms with Crippen molar-refractivity contribution in [2.75, 3.05) is 6.54 Å². The van der Waals surface area contributed by atoms with Crippen LogP contribution in [-0.2, 0) is 0 Å². The highest BCUT2D eigenvalue weighted by Gasteiger charge is 2.12. The molecule has 0 spiro atoms. The molecule has 1 aromatic carbocycles. The van der Waals surface area contributed by atoms with E-state index >= 15 is 0 Å². The summed E-state index contributed by atoms with van der Waals surface area (Å²) in [5.74, 6) is 2.25. The first-order chi connectivity index (χ1) is 8.56. The van der Waals surface area contributed by atoms with E-state index in [4.69, 9.17) is 6.42 Å². The number of non-ortho nitro benzene ring substituents is 1. The van der Waals surface area contributed by atoms with Gasteiger partial charge in [0.1, 0.15) is 0 Å². The van der Waals surface area contributed by atoms with Gasteiger partial charge in [-0.3, -0.25) is 14.9 Å². The average Bonchev–Trinajstić information content (AvgIpc) is 2.34. The Kier molecular flexibility index (Phi) is 4.88. The molecular weight excluding hydrogens is 232 g/mol. The zero-order chi connectivity index (χ0) is 13.5. The number of carbonyl (C=O) groups excluding carboxylic acids is 1. The van der Waals surface area contributed by atoms with Crippen molar-refractivity contribution >= 4 is 11.6 Å². The lowest BCUT2D eigenvalue weighted by atomic mass is 10.1. The largest absolute Gasteiger partial charge is 0.352 e. The van der Waals surface area contributed by atoms with Gasteiger partial charge in [-0.15, -0.1) is 12.3 Å². The average molecular weight is 246 g/mol. The molecule has 0 aliphatic heterocycles. The van der Waals surface area contributed by atoms with Gasteiger partial charge >= 0.3 is 0 Å². The first-order valence-corrected chi connectivity index (χ1v) is 5.53. The highest BCUT2D eigenvalue weighted by atomic mass is 16.6. The van der Waals surface area contributed by atoms with Crippen molar-refractivity contribution in [2.45, 2.75) is 19.8 Å². The van der Waals surface area contributed by atoms with Crippen molar-refractivity contribution in [3.8, 4) is 12.3 Å². The summed E-state index contributed by atoms with van der Waals surface area (Å²) in [5.41, 5.74) is 1.01. The first-order valence-electron chi connectivity index (χ1n) is 5.53. The van der Waals surface area contributed by atoms with Crippen LogP contribution in [0.5, 0.6) is 0 Å². The number of unbranched alkanes of at least 4 members (excludes halogenated alkanes) is 1. The molecule has 0 heterocycles. The van der Waals surface area contributed by atoms with Gasteiger partial charge in [-0.2, -0.15) is 0 Å². The molecule has 18 heavy (non-hydrogen) atoms. The predicted molar refractivity (Wildman–Crippen MR) is 68.2 cm³/mol. The molecule has 1 aromatic rings.